The number of esters is 1. The van der Waals surface area contributed by atoms with Crippen LogP contribution in [0.25, 0.3) is 10.9 Å². The second-order valence-electron chi connectivity index (χ2n) is 8.47. The molecular formula is C26H25ClN2O2. The molecule has 3 saturated heterocycles. The van der Waals surface area contributed by atoms with E-state index in [1.54, 1.807) is 24.4 Å². The number of aromatic nitrogens is 1. The normalized spacial score (nSPS) is 25.8. The highest BCUT2D eigenvalue weighted by Crippen LogP contribution is 2.43. The van der Waals surface area contributed by atoms with E-state index < -0.39 is 6.10 Å². The summed E-state index contributed by atoms with van der Waals surface area (Å²) in [5.74, 6) is 0.681. The summed E-state index contributed by atoms with van der Waals surface area (Å²) in [5, 5.41) is 1.42. The number of hydrogen-bond donors (Lipinski definition) is 0. The first-order chi connectivity index (χ1) is 15.2. The predicted molar refractivity (Wildman–Crippen MR) is 123 cm³/mol. The molecule has 158 valence electrons. The van der Waals surface area contributed by atoms with E-state index in [1.807, 2.05) is 30.3 Å². The van der Waals surface area contributed by atoms with Crippen LogP contribution in [0.4, 0.5) is 0 Å². The number of carbonyl (C=O) groups is 1. The maximum atomic E-state index is 13.2. The molecule has 1 aromatic heterocycles. The van der Waals surface area contributed by atoms with Gasteiger partial charge >= 0.3 is 5.97 Å². The average Bonchev–Trinajstić information content (AvgIpc) is 2.82. The summed E-state index contributed by atoms with van der Waals surface area (Å²) in [6, 6.07) is 17.2. The van der Waals surface area contributed by atoms with Crippen LogP contribution in [-0.4, -0.2) is 35.0 Å². The number of carbonyl (C=O) groups excluding carboxylic acids is 1. The quantitative estimate of drug-likeness (QED) is 0.384. The van der Waals surface area contributed by atoms with E-state index in [2.05, 4.69) is 28.6 Å². The Kier molecular flexibility index (Phi) is 5.51. The predicted octanol–water partition coefficient (Wildman–Crippen LogP) is 5.68. The Morgan fingerprint density at radius 2 is 2.00 bits per heavy atom. The largest absolute Gasteiger partial charge is 0.452 e. The monoisotopic (exact) mass is 432 g/mol. The first-order valence-corrected chi connectivity index (χ1v) is 11.2. The van der Waals surface area contributed by atoms with Gasteiger partial charge in [-0.1, -0.05) is 48.0 Å². The molecule has 0 radical (unpaired) electrons. The van der Waals surface area contributed by atoms with Gasteiger partial charge in [0.25, 0.3) is 0 Å². The molecule has 0 aliphatic carbocycles. The summed E-state index contributed by atoms with van der Waals surface area (Å²) in [6.45, 7) is 6.01. The highest BCUT2D eigenvalue weighted by Gasteiger charge is 2.44. The van der Waals surface area contributed by atoms with E-state index in [4.69, 9.17) is 16.3 Å². The molecule has 3 fully saturated rings. The minimum atomic E-state index is -0.398. The van der Waals surface area contributed by atoms with Crippen molar-refractivity contribution in [3.8, 4) is 0 Å². The van der Waals surface area contributed by atoms with Gasteiger partial charge < -0.3 is 4.74 Å². The zero-order valence-corrected chi connectivity index (χ0v) is 18.0. The minimum absolute atomic E-state index is 0.118. The minimum Gasteiger partial charge on any atom is -0.452 e. The molecule has 5 atom stereocenters. The van der Waals surface area contributed by atoms with E-state index in [-0.39, 0.29) is 12.0 Å². The number of piperidine rings is 3. The van der Waals surface area contributed by atoms with Crippen molar-refractivity contribution in [2.75, 3.05) is 13.1 Å². The highest BCUT2D eigenvalue weighted by atomic mass is 35.5. The second kappa shape index (κ2) is 8.45. The van der Waals surface area contributed by atoms with E-state index >= 15 is 0 Å². The van der Waals surface area contributed by atoms with Crippen molar-refractivity contribution < 1.29 is 9.53 Å². The molecule has 31 heavy (non-hydrogen) atoms. The van der Waals surface area contributed by atoms with Crippen molar-refractivity contribution in [2.45, 2.75) is 25.0 Å². The third-order valence-electron chi connectivity index (χ3n) is 6.82. The second-order valence-corrected chi connectivity index (χ2v) is 8.88. The van der Waals surface area contributed by atoms with Crippen molar-refractivity contribution in [2.24, 2.45) is 11.8 Å². The summed E-state index contributed by atoms with van der Waals surface area (Å²) in [7, 11) is 0. The van der Waals surface area contributed by atoms with Crippen molar-refractivity contribution in [1.82, 2.24) is 9.88 Å². The lowest BCUT2D eigenvalue weighted by Crippen LogP contribution is -2.55. The fourth-order valence-electron chi connectivity index (χ4n) is 5.21. The number of nitrogens with zero attached hydrogens (tertiary/aromatic N) is 2. The Balaban J connectivity index is 1.55. The molecule has 0 N–H and O–H groups in total. The van der Waals surface area contributed by atoms with Crippen LogP contribution in [0.3, 0.4) is 0 Å². The Morgan fingerprint density at radius 1 is 1.19 bits per heavy atom. The first-order valence-electron chi connectivity index (χ1n) is 10.8. The van der Waals surface area contributed by atoms with E-state index in [9.17, 15) is 4.79 Å². The van der Waals surface area contributed by atoms with Crippen LogP contribution in [0.5, 0.6) is 0 Å². The zero-order valence-electron chi connectivity index (χ0n) is 17.3. The molecule has 2 bridgehead atoms. The van der Waals surface area contributed by atoms with Crippen LogP contribution < -0.4 is 0 Å². The molecule has 4 nitrogen and oxygen atoms in total. The molecule has 3 aliphatic rings. The van der Waals surface area contributed by atoms with Gasteiger partial charge in [0.15, 0.2) is 0 Å². The van der Waals surface area contributed by atoms with Crippen LogP contribution in [0.15, 0.2) is 73.4 Å². The Morgan fingerprint density at radius 3 is 2.77 bits per heavy atom. The Hall–Kier alpha value is -2.69. The third-order valence-corrected chi connectivity index (χ3v) is 7.15. The van der Waals surface area contributed by atoms with Gasteiger partial charge in [0.1, 0.15) is 6.10 Å². The smallest absolute Gasteiger partial charge is 0.340 e. The lowest BCUT2D eigenvalue weighted by Gasteiger charge is -2.51. The van der Waals surface area contributed by atoms with E-state index in [0.29, 0.717) is 22.4 Å². The van der Waals surface area contributed by atoms with Gasteiger partial charge in [0.2, 0.25) is 0 Å². The fraction of sp³-hybridized carbons (Fsp3) is 0.308. The van der Waals surface area contributed by atoms with Crippen molar-refractivity contribution in [3.63, 3.8) is 0 Å². The van der Waals surface area contributed by atoms with Crippen LogP contribution in [0, 0.1) is 11.8 Å². The lowest BCUT2D eigenvalue weighted by molar-refractivity contribution is -0.0568. The SMILES string of the molecule is C=C[C@H]1CN2CC[C@@H]1C[C@H]2[C@H](OC(=O)c1ccccc1Cl)c1ccnc2ccccc12. The van der Waals surface area contributed by atoms with Gasteiger partial charge in [0.05, 0.1) is 22.1 Å². The number of para-hydroxylation sites is 1. The van der Waals surface area contributed by atoms with Gasteiger partial charge in [-0.25, -0.2) is 4.79 Å². The van der Waals surface area contributed by atoms with E-state index in [1.165, 1.54) is 0 Å². The van der Waals surface area contributed by atoms with Crippen LogP contribution >= 0.6 is 11.6 Å². The van der Waals surface area contributed by atoms with Crippen molar-refractivity contribution in [1.29, 1.82) is 0 Å². The maximum absolute atomic E-state index is 13.2. The third kappa shape index (κ3) is 3.75. The molecule has 2 aromatic carbocycles. The Bertz CT molecular complexity index is 1130. The summed E-state index contributed by atoms with van der Waals surface area (Å²) in [6.07, 6.45) is 5.63. The molecule has 3 aliphatic heterocycles. The molecule has 0 amide bonds. The summed E-state index contributed by atoms with van der Waals surface area (Å²) >= 11 is 6.30. The number of halogens is 1. The standard InChI is InChI=1S/C26H25ClN2O2/c1-2-17-16-29-14-12-18(17)15-24(29)25(31-26(30)21-8-3-5-9-22(21)27)20-11-13-28-23-10-6-4-7-19(20)23/h2-11,13,17-18,24-25H,1,12,14-16H2/t17-,18+,24-,25+/m0/s1. The first kappa shape index (κ1) is 20.2. The van der Waals surface area contributed by atoms with Gasteiger partial charge in [-0.3, -0.25) is 9.88 Å². The Labute approximate surface area is 187 Å². The summed E-state index contributed by atoms with van der Waals surface area (Å²) in [5.41, 5.74) is 2.30. The van der Waals surface area contributed by atoms with E-state index in [0.717, 1.165) is 42.4 Å². The number of benzene rings is 2. The highest BCUT2D eigenvalue weighted by molar-refractivity contribution is 6.33. The van der Waals surface area contributed by atoms with Gasteiger partial charge in [-0.2, -0.15) is 0 Å². The number of pyridine rings is 1. The lowest BCUT2D eigenvalue weighted by atomic mass is 9.73. The van der Waals surface area contributed by atoms with Gasteiger partial charge in [-0.15, -0.1) is 6.58 Å². The summed E-state index contributed by atoms with van der Waals surface area (Å²) < 4.78 is 6.25. The molecule has 6 rings (SSSR count). The van der Waals surface area contributed by atoms with Gasteiger partial charge in [-0.05, 0) is 55.5 Å². The van der Waals surface area contributed by atoms with Crippen molar-refractivity contribution in [3.05, 3.63) is 89.6 Å². The van der Waals surface area contributed by atoms with Crippen LogP contribution in [0.1, 0.15) is 34.9 Å². The molecule has 0 spiro atoms. The molecule has 4 heterocycles. The molecular weight excluding hydrogens is 408 g/mol. The van der Waals surface area contributed by atoms with Crippen LogP contribution in [0.2, 0.25) is 5.02 Å². The van der Waals surface area contributed by atoms with Crippen LogP contribution in [-0.2, 0) is 4.74 Å². The molecule has 1 unspecified atom stereocenters. The van der Waals surface area contributed by atoms with Gasteiger partial charge in [0, 0.05) is 23.7 Å². The topological polar surface area (TPSA) is 42.4 Å². The number of rotatable bonds is 5. The van der Waals surface area contributed by atoms with Crippen molar-refractivity contribution >= 4 is 28.5 Å². The number of hydrogen-bond acceptors (Lipinski definition) is 4. The zero-order chi connectivity index (χ0) is 21.4. The summed E-state index contributed by atoms with van der Waals surface area (Å²) in [4.78, 5) is 20.2. The molecule has 3 aromatic rings. The molecule has 0 saturated carbocycles. The maximum Gasteiger partial charge on any atom is 0.340 e. The average molecular weight is 433 g/mol. The fourth-order valence-corrected chi connectivity index (χ4v) is 5.43. The number of fused-ring (bicyclic) bond motifs is 4. The number of ether oxygens (including phenoxy) is 1. The molecule has 5 heteroatoms.